The number of hydrogen-bond acceptors (Lipinski definition) is 4. The number of nitrogens with zero attached hydrogens (tertiary/aromatic N) is 4. The molecule has 0 aliphatic heterocycles. The molecule has 2 aromatic heterocycles. The molecular weight excluding hydrogens is 313 g/mol. The standard InChI is InChI=1S/C14H13F3N4O2/c15-14(16,17)10-21(8-11-2-1-7-23-11)13(22)9-20-6-5-19-12(20)3-4-18/h1-2,5-7H,3,8-10H2. The molecule has 0 fully saturated rings. The first-order valence-corrected chi connectivity index (χ1v) is 6.63. The van der Waals surface area contributed by atoms with Crippen molar-refractivity contribution < 1.29 is 22.4 Å². The van der Waals surface area contributed by atoms with Gasteiger partial charge < -0.3 is 13.9 Å². The maximum atomic E-state index is 12.7. The van der Waals surface area contributed by atoms with Gasteiger partial charge in [0.15, 0.2) is 0 Å². The summed E-state index contributed by atoms with van der Waals surface area (Å²) in [6, 6.07) is 4.91. The van der Waals surface area contributed by atoms with Crippen LogP contribution in [0.3, 0.4) is 0 Å². The lowest BCUT2D eigenvalue weighted by atomic mass is 10.3. The third kappa shape index (κ3) is 4.88. The van der Waals surface area contributed by atoms with E-state index in [4.69, 9.17) is 9.68 Å². The Morgan fingerprint density at radius 1 is 1.48 bits per heavy atom. The van der Waals surface area contributed by atoms with E-state index >= 15 is 0 Å². The molecule has 0 aliphatic rings. The topological polar surface area (TPSA) is 75.1 Å². The van der Waals surface area contributed by atoms with Crippen LogP contribution in [0.4, 0.5) is 13.2 Å². The fourth-order valence-electron chi connectivity index (χ4n) is 2.01. The Balaban J connectivity index is 2.12. The summed E-state index contributed by atoms with van der Waals surface area (Å²) in [6.45, 7) is -1.99. The lowest BCUT2D eigenvalue weighted by Crippen LogP contribution is -2.40. The third-order valence-electron chi connectivity index (χ3n) is 2.99. The molecule has 0 N–H and O–H groups in total. The highest BCUT2D eigenvalue weighted by Gasteiger charge is 2.33. The number of aromatic nitrogens is 2. The van der Waals surface area contributed by atoms with Crippen molar-refractivity contribution >= 4 is 5.91 Å². The van der Waals surface area contributed by atoms with Crippen LogP contribution in [0.5, 0.6) is 0 Å². The first kappa shape index (κ1) is 16.6. The molecule has 0 aliphatic carbocycles. The van der Waals surface area contributed by atoms with Crippen molar-refractivity contribution in [1.82, 2.24) is 14.5 Å². The lowest BCUT2D eigenvalue weighted by molar-refractivity contribution is -0.163. The second kappa shape index (κ2) is 7.00. The number of imidazole rings is 1. The van der Waals surface area contributed by atoms with Gasteiger partial charge in [-0.3, -0.25) is 4.79 Å². The number of carbonyl (C=O) groups excluding carboxylic acids is 1. The van der Waals surface area contributed by atoms with Gasteiger partial charge in [0, 0.05) is 12.4 Å². The SMILES string of the molecule is N#CCc1nccn1CC(=O)N(Cc1ccco1)CC(F)(F)F. The van der Waals surface area contributed by atoms with E-state index in [0.29, 0.717) is 10.7 Å². The van der Waals surface area contributed by atoms with Crippen molar-refractivity contribution in [2.24, 2.45) is 0 Å². The molecule has 6 nitrogen and oxygen atoms in total. The van der Waals surface area contributed by atoms with Crippen LogP contribution >= 0.6 is 0 Å². The van der Waals surface area contributed by atoms with Gasteiger partial charge in [0.05, 0.1) is 25.3 Å². The number of furan rings is 1. The van der Waals surface area contributed by atoms with Crippen molar-refractivity contribution in [2.75, 3.05) is 6.54 Å². The fraction of sp³-hybridized carbons (Fsp3) is 0.357. The number of nitriles is 1. The Bertz CT molecular complexity index is 686. The van der Waals surface area contributed by atoms with Crippen molar-refractivity contribution in [3.63, 3.8) is 0 Å². The molecule has 23 heavy (non-hydrogen) atoms. The summed E-state index contributed by atoms with van der Waals surface area (Å²) in [5, 5.41) is 8.67. The summed E-state index contributed by atoms with van der Waals surface area (Å²) in [5.41, 5.74) is 0. The van der Waals surface area contributed by atoms with E-state index in [2.05, 4.69) is 4.98 Å². The zero-order chi connectivity index (χ0) is 16.9. The molecule has 2 heterocycles. The predicted octanol–water partition coefficient (Wildman–Crippen LogP) is 2.13. The number of alkyl halides is 3. The lowest BCUT2D eigenvalue weighted by Gasteiger charge is -2.23. The van der Waals surface area contributed by atoms with E-state index in [1.165, 1.54) is 35.4 Å². The molecular formula is C14H13F3N4O2. The Hall–Kier alpha value is -2.76. The zero-order valence-electron chi connectivity index (χ0n) is 12.0. The van der Waals surface area contributed by atoms with Crippen LogP contribution < -0.4 is 0 Å². The van der Waals surface area contributed by atoms with Gasteiger partial charge in [0.1, 0.15) is 24.7 Å². The van der Waals surface area contributed by atoms with Crippen molar-refractivity contribution in [2.45, 2.75) is 25.7 Å². The van der Waals surface area contributed by atoms with Gasteiger partial charge in [0.2, 0.25) is 5.91 Å². The second-order valence-corrected chi connectivity index (χ2v) is 4.75. The van der Waals surface area contributed by atoms with E-state index in [9.17, 15) is 18.0 Å². The molecule has 0 aromatic carbocycles. The van der Waals surface area contributed by atoms with Crippen LogP contribution in [0, 0.1) is 11.3 Å². The summed E-state index contributed by atoms with van der Waals surface area (Å²) >= 11 is 0. The molecule has 0 radical (unpaired) electrons. The third-order valence-corrected chi connectivity index (χ3v) is 2.99. The summed E-state index contributed by atoms with van der Waals surface area (Å²) in [4.78, 5) is 16.8. The average molecular weight is 326 g/mol. The number of halogens is 3. The number of hydrogen-bond donors (Lipinski definition) is 0. The van der Waals surface area contributed by atoms with Crippen LogP contribution in [-0.2, 0) is 24.3 Å². The van der Waals surface area contributed by atoms with E-state index < -0.39 is 18.6 Å². The van der Waals surface area contributed by atoms with Gasteiger partial charge in [-0.05, 0) is 12.1 Å². The fourth-order valence-corrected chi connectivity index (χ4v) is 2.01. The molecule has 0 bridgehead atoms. The summed E-state index contributed by atoms with van der Waals surface area (Å²) in [7, 11) is 0. The molecule has 0 saturated carbocycles. The zero-order valence-corrected chi connectivity index (χ0v) is 12.0. The summed E-state index contributed by atoms with van der Waals surface area (Å²) in [5.74, 6) is -0.160. The molecule has 0 atom stereocenters. The van der Waals surface area contributed by atoms with Crippen LogP contribution in [0.25, 0.3) is 0 Å². The van der Waals surface area contributed by atoms with Crippen molar-refractivity contribution in [3.05, 3.63) is 42.4 Å². The second-order valence-electron chi connectivity index (χ2n) is 4.75. The number of amides is 1. The van der Waals surface area contributed by atoms with Crippen LogP contribution in [0.1, 0.15) is 11.6 Å². The number of rotatable bonds is 6. The maximum Gasteiger partial charge on any atom is 0.406 e. The van der Waals surface area contributed by atoms with E-state index in [0.717, 1.165) is 0 Å². The minimum absolute atomic E-state index is 0.0300. The molecule has 2 aromatic rings. The van der Waals surface area contributed by atoms with Gasteiger partial charge in [-0.2, -0.15) is 18.4 Å². The predicted molar refractivity (Wildman–Crippen MR) is 71.7 cm³/mol. The first-order valence-electron chi connectivity index (χ1n) is 6.63. The Morgan fingerprint density at radius 3 is 2.87 bits per heavy atom. The van der Waals surface area contributed by atoms with Crippen LogP contribution in [-0.4, -0.2) is 33.1 Å². The smallest absolute Gasteiger partial charge is 0.406 e. The van der Waals surface area contributed by atoms with Gasteiger partial charge >= 0.3 is 6.18 Å². The summed E-state index contributed by atoms with van der Waals surface area (Å²) < 4.78 is 44.4. The highest BCUT2D eigenvalue weighted by molar-refractivity contribution is 5.76. The molecule has 0 unspecified atom stereocenters. The minimum Gasteiger partial charge on any atom is -0.467 e. The normalized spacial score (nSPS) is 11.2. The Kier molecular flexibility index (Phi) is 5.05. The molecule has 1 amide bonds. The van der Waals surface area contributed by atoms with E-state index in [1.807, 2.05) is 6.07 Å². The van der Waals surface area contributed by atoms with Gasteiger partial charge in [-0.1, -0.05) is 0 Å². The Labute approximate surface area is 129 Å². The molecule has 0 saturated heterocycles. The Morgan fingerprint density at radius 2 is 2.26 bits per heavy atom. The van der Waals surface area contributed by atoms with Gasteiger partial charge in [-0.15, -0.1) is 0 Å². The summed E-state index contributed by atoms with van der Waals surface area (Å²) in [6.07, 6.45) is -0.388. The molecule has 0 spiro atoms. The van der Waals surface area contributed by atoms with E-state index in [-0.39, 0.29) is 25.3 Å². The number of carbonyl (C=O) groups is 1. The maximum absolute atomic E-state index is 12.7. The molecule has 2 rings (SSSR count). The average Bonchev–Trinajstić information content (AvgIpc) is 3.09. The quantitative estimate of drug-likeness (QED) is 0.815. The largest absolute Gasteiger partial charge is 0.467 e. The van der Waals surface area contributed by atoms with Crippen LogP contribution in [0.2, 0.25) is 0 Å². The van der Waals surface area contributed by atoms with E-state index in [1.54, 1.807) is 0 Å². The van der Waals surface area contributed by atoms with Crippen molar-refractivity contribution in [1.29, 1.82) is 5.26 Å². The van der Waals surface area contributed by atoms with Crippen LogP contribution in [0.15, 0.2) is 35.2 Å². The first-order chi connectivity index (χ1) is 10.9. The monoisotopic (exact) mass is 326 g/mol. The van der Waals surface area contributed by atoms with Gasteiger partial charge in [0.25, 0.3) is 0 Å². The van der Waals surface area contributed by atoms with Gasteiger partial charge in [-0.25, -0.2) is 4.98 Å². The molecule has 122 valence electrons. The highest BCUT2D eigenvalue weighted by atomic mass is 19.4. The minimum atomic E-state index is -4.52. The molecule has 9 heteroatoms. The highest BCUT2D eigenvalue weighted by Crippen LogP contribution is 2.19. The van der Waals surface area contributed by atoms with Crippen molar-refractivity contribution in [3.8, 4) is 6.07 Å².